The van der Waals surface area contributed by atoms with Crippen molar-refractivity contribution in [2.45, 2.75) is 90.9 Å². The molecule has 0 amide bonds. The quantitative estimate of drug-likeness (QED) is 0.293. The first-order chi connectivity index (χ1) is 8.72. The predicted molar refractivity (Wildman–Crippen MR) is 81.1 cm³/mol. The molecule has 1 nitrogen and oxygen atoms in total. The lowest BCUT2D eigenvalue weighted by molar-refractivity contribution is -0.115. The molecule has 0 N–H and O–H groups in total. The Morgan fingerprint density at radius 3 is 1.50 bits per heavy atom. The van der Waals surface area contributed by atoms with Crippen LogP contribution in [0.5, 0.6) is 0 Å². The van der Waals surface area contributed by atoms with Crippen LogP contribution in [0.15, 0.2) is 0 Å². The van der Waals surface area contributed by atoms with Crippen molar-refractivity contribution in [2.75, 3.05) is 0 Å². The minimum Gasteiger partial charge on any atom is -0.281 e. The van der Waals surface area contributed by atoms with Gasteiger partial charge in [-0.25, -0.2) is 0 Å². The number of hydrogen-bond donors (Lipinski definition) is 0. The van der Waals surface area contributed by atoms with E-state index in [9.17, 15) is 4.79 Å². The molecule has 0 saturated carbocycles. The summed E-state index contributed by atoms with van der Waals surface area (Å²) in [5.41, 5.74) is 0. The van der Waals surface area contributed by atoms with Gasteiger partial charge in [-0.15, -0.1) is 0 Å². The number of halogens is 1. The fourth-order valence-corrected chi connectivity index (χ4v) is 2.58. The van der Waals surface area contributed by atoms with Gasteiger partial charge in [-0.05, 0) is 24.4 Å². The van der Waals surface area contributed by atoms with Gasteiger partial charge < -0.3 is 0 Å². The number of rotatable bonds is 13. The fourth-order valence-electron chi connectivity index (χ4n) is 2.36. The van der Waals surface area contributed by atoms with E-state index in [0.717, 1.165) is 25.7 Å². The highest BCUT2D eigenvalue weighted by atomic mass is 35.5. The van der Waals surface area contributed by atoms with Crippen LogP contribution in [0.3, 0.4) is 0 Å². The molecule has 0 rings (SSSR count). The summed E-state index contributed by atoms with van der Waals surface area (Å²) < 4.78 is 0. The third-order valence-electron chi connectivity index (χ3n) is 3.63. The maximum atomic E-state index is 11.3. The summed E-state index contributed by atoms with van der Waals surface area (Å²) in [6, 6.07) is 0. The van der Waals surface area contributed by atoms with Crippen molar-refractivity contribution in [1.82, 2.24) is 0 Å². The van der Waals surface area contributed by atoms with Crippen molar-refractivity contribution in [3.63, 3.8) is 0 Å². The number of carbonyl (C=O) groups excluding carboxylic acids is 1. The molecule has 0 aliphatic heterocycles. The number of unbranched alkanes of at least 4 members (excludes halogenated alkanes) is 8. The highest BCUT2D eigenvalue weighted by Gasteiger charge is 2.15. The summed E-state index contributed by atoms with van der Waals surface area (Å²) >= 11 is 5.69. The lowest BCUT2D eigenvalue weighted by Gasteiger charge is -2.12. The molecule has 0 spiro atoms. The molecule has 0 aliphatic rings. The third kappa shape index (κ3) is 11.1. The molecule has 108 valence electrons. The Labute approximate surface area is 119 Å². The first-order valence-corrected chi connectivity index (χ1v) is 8.29. The van der Waals surface area contributed by atoms with Crippen molar-refractivity contribution in [3.05, 3.63) is 0 Å². The third-order valence-corrected chi connectivity index (χ3v) is 3.94. The molecule has 0 radical (unpaired) electrons. The number of hydrogen-bond acceptors (Lipinski definition) is 1. The van der Waals surface area contributed by atoms with Gasteiger partial charge in [-0.2, -0.15) is 0 Å². The number of carbonyl (C=O) groups is 1. The minimum atomic E-state index is -0.110. The van der Waals surface area contributed by atoms with Crippen molar-refractivity contribution >= 4 is 16.8 Å². The molecule has 18 heavy (non-hydrogen) atoms. The van der Waals surface area contributed by atoms with Gasteiger partial charge in [0.15, 0.2) is 0 Å². The summed E-state index contributed by atoms with van der Waals surface area (Å²) in [7, 11) is 0. The Hall–Kier alpha value is -0.0400. The van der Waals surface area contributed by atoms with Crippen LogP contribution >= 0.6 is 11.6 Å². The Balaban J connectivity index is 3.56. The van der Waals surface area contributed by atoms with Crippen molar-refractivity contribution in [2.24, 2.45) is 5.92 Å². The molecule has 0 bridgehead atoms. The second kappa shape index (κ2) is 13.4. The molecule has 0 aromatic rings. The standard InChI is InChI=1S/C16H31ClO/c1-3-5-7-9-11-13-15(16(17)18)14-12-10-8-6-4-2/h15H,3-14H2,1-2H3. The molecule has 0 aromatic carbocycles. The van der Waals surface area contributed by atoms with E-state index in [-0.39, 0.29) is 11.2 Å². The van der Waals surface area contributed by atoms with E-state index in [4.69, 9.17) is 11.6 Å². The Kier molecular flexibility index (Phi) is 13.4. The molecular weight excluding hydrogens is 244 g/mol. The lowest BCUT2D eigenvalue weighted by Crippen LogP contribution is -2.08. The zero-order chi connectivity index (χ0) is 13.6. The first-order valence-electron chi connectivity index (χ1n) is 7.91. The predicted octanol–water partition coefficient (Wildman–Crippen LogP) is 6.09. The van der Waals surface area contributed by atoms with Gasteiger partial charge in [-0.3, -0.25) is 4.79 Å². The van der Waals surface area contributed by atoms with Gasteiger partial charge in [-0.1, -0.05) is 78.1 Å². The topological polar surface area (TPSA) is 17.1 Å². The van der Waals surface area contributed by atoms with Crippen LogP contribution in [0, 0.1) is 5.92 Å². The van der Waals surface area contributed by atoms with Crippen LogP contribution in [0.2, 0.25) is 0 Å². The van der Waals surface area contributed by atoms with Gasteiger partial charge >= 0.3 is 0 Å². The van der Waals surface area contributed by atoms with Crippen molar-refractivity contribution in [3.8, 4) is 0 Å². The summed E-state index contributed by atoms with van der Waals surface area (Å²) in [5.74, 6) is 0.120. The minimum absolute atomic E-state index is 0.110. The summed E-state index contributed by atoms with van der Waals surface area (Å²) in [6.07, 6.45) is 14.6. The molecule has 0 saturated heterocycles. The second-order valence-corrected chi connectivity index (χ2v) is 5.78. The van der Waals surface area contributed by atoms with Gasteiger partial charge in [0.25, 0.3) is 0 Å². The molecule has 0 fully saturated rings. The molecule has 0 atom stereocenters. The van der Waals surface area contributed by atoms with Crippen LogP contribution in [0.4, 0.5) is 0 Å². The smallest absolute Gasteiger partial charge is 0.224 e. The van der Waals surface area contributed by atoms with Gasteiger partial charge in [0.1, 0.15) is 0 Å². The van der Waals surface area contributed by atoms with E-state index in [1.54, 1.807) is 0 Å². The van der Waals surface area contributed by atoms with E-state index in [1.165, 1.54) is 51.4 Å². The van der Waals surface area contributed by atoms with E-state index >= 15 is 0 Å². The Bertz CT molecular complexity index is 178. The summed E-state index contributed by atoms with van der Waals surface area (Å²) in [4.78, 5) is 11.3. The van der Waals surface area contributed by atoms with E-state index in [0.29, 0.717) is 0 Å². The molecule has 0 aliphatic carbocycles. The Morgan fingerprint density at radius 1 is 0.778 bits per heavy atom. The maximum Gasteiger partial charge on any atom is 0.224 e. The maximum absolute atomic E-state index is 11.3. The average Bonchev–Trinajstić information content (AvgIpc) is 2.35. The zero-order valence-corrected chi connectivity index (χ0v) is 13.1. The van der Waals surface area contributed by atoms with Crippen LogP contribution in [0.25, 0.3) is 0 Å². The molecule has 2 heteroatoms. The fraction of sp³-hybridized carbons (Fsp3) is 0.938. The molecule has 0 heterocycles. The zero-order valence-electron chi connectivity index (χ0n) is 12.3. The highest BCUT2D eigenvalue weighted by Crippen LogP contribution is 2.21. The summed E-state index contributed by atoms with van der Waals surface area (Å²) in [5, 5.41) is -0.110. The molecular formula is C16H31ClO. The lowest BCUT2D eigenvalue weighted by atomic mass is 9.95. The second-order valence-electron chi connectivity index (χ2n) is 5.41. The van der Waals surface area contributed by atoms with Crippen LogP contribution in [-0.2, 0) is 4.79 Å². The van der Waals surface area contributed by atoms with Crippen LogP contribution in [-0.4, -0.2) is 5.24 Å². The molecule has 0 aromatic heterocycles. The van der Waals surface area contributed by atoms with E-state index in [2.05, 4.69) is 13.8 Å². The molecule has 0 unspecified atom stereocenters. The Morgan fingerprint density at radius 2 is 1.17 bits per heavy atom. The van der Waals surface area contributed by atoms with Crippen molar-refractivity contribution in [1.29, 1.82) is 0 Å². The van der Waals surface area contributed by atoms with Crippen molar-refractivity contribution < 1.29 is 4.79 Å². The summed E-state index contributed by atoms with van der Waals surface area (Å²) in [6.45, 7) is 4.45. The highest BCUT2D eigenvalue weighted by molar-refractivity contribution is 6.63. The van der Waals surface area contributed by atoms with Gasteiger partial charge in [0.2, 0.25) is 5.24 Å². The largest absolute Gasteiger partial charge is 0.281 e. The van der Waals surface area contributed by atoms with Gasteiger partial charge in [0.05, 0.1) is 0 Å². The van der Waals surface area contributed by atoms with Crippen LogP contribution < -0.4 is 0 Å². The van der Waals surface area contributed by atoms with Crippen LogP contribution in [0.1, 0.15) is 90.9 Å². The first kappa shape index (κ1) is 18.0. The average molecular weight is 275 g/mol. The monoisotopic (exact) mass is 274 g/mol. The van der Waals surface area contributed by atoms with Gasteiger partial charge in [0, 0.05) is 5.92 Å². The van der Waals surface area contributed by atoms with E-state index < -0.39 is 0 Å². The normalized spacial score (nSPS) is 11.1. The SMILES string of the molecule is CCCCCCCC(CCCCCCC)C(=O)Cl. The van der Waals surface area contributed by atoms with E-state index in [1.807, 2.05) is 0 Å².